The summed E-state index contributed by atoms with van der Waals surface area (Å²) in [5.74, 6) is 0.0812. The third-order valence-electron chi connectivity index (χ3n) is 4.15. The van der Waals surface area contributed by atoms with Gasteiger partial charge in [0.1, 0.15) is 5.82 Å². The van der Waals surface area contributed by atoms with Crippen LogP contribution in [0.15, 0.2) is 42.9 Å². The minimum atomic E-state index is -0.581. The second-order valence-corrected chi connectivity index (χ2v) is 6.39. The molecule has 0 saturated carbocycles. The molecule has 0 unspecified atom stereocenters. The Kier molecular flexibility index (Phi) is 3.73. The fourth-order valence-electron chi connectivity index (χ4n) is 2.99. The van der Waals surface area contributed by atoms with Crippen molar-refractivity contribution in [1.82, 2.24) is 24.1 Å². The van der Waals surface area contributed by atoms with Crippen molar-refractivity contribution in [3.05, 3.63) is 64.8 Å². The van der Waals surface area contributed by atoms with Crippen molar-refractivity contribution in [3.63, 3.8) is 0 Å². The zero-order valence-corrected chi connectivity index (χ0v) is 14.9. The first-order valence-electron chi connectivity index (χ1n) is 7.91. The number of aryl methyl sites for hydroxylation is 2. The molecule has 3 heterocycles. The number of aromatic nitrogens is 5. The number of carbonyl (C=O) groups is 1. The molecular formula is C18H15ClN6O. The Morgan fingerprint density at radius 2 is 2.04 bits per heavy atom. The monoisotopic (exact) mass is 366 g/mol. The SMILES string of the molecule is Cc1cc(C)n2ncc(-c3nccn3-c3ccc(Cl)c(C(N)=O)c3)c2n1. The van der Waals surface area contributed by atoms with Crippen molar-refractivity contribution >= 4 is 23.2 Å². The van der Waals surface area contributed by atoms with Gasteiger partial charge in [-0.3, -0.25) is 9.36 Å². The quantitative estimate of drug-likeness (QED) is 0.603. The van der Waals surface area contributed by atoms with Crippen molar-refractivity contribution in [2.75, 3.05) is 0 Å². The highest BCUT2D eigenvalue weighted by atomic mass is 35.5. The van der Waals surface area contributed by atoms with Crippen LogP contribution < -0.4 is 5.73 Å². The van der Waals surface area contributed by atoms with Gasteiger partial charge in [-0.1, -0.05) is 11.6 Å². The standard InChI is InChI=1S/C18H15ClN6O/c1-10-7-11(2)25-18(23-10)14(9-22-25)17-21-5-6-24(17)12-3-4-15(19)13(8-12)16(20)26/h3-9H,1-2H3,(H2,20,26). The highest BCUT2D eigenvalue weighted by molar-refractivity contribution is 6.33. The van der Waals surface area contributed by atoms with E-state index < -0.39 is 5.91 Å². The maximum Gasteiger partial charge on any atom is 0.250 e. The first-order chi connectivity index (χ1) is 12.5. The van der Waals surface area contributed by atoms with Gasteiger partial charge in [0.25, 0.3) is 0 Å². The van der Waals surface area contributed by atoms with Crippen LogP contribution in [0.3, 0.4) is 0 Å². The minimum Gasteiger partial charge on any atom is -0.366 e. The molecule has 130 valence electrons. The lowest BCUT2D eigenvalue weighted by atomic mass is 10.2. The number of rotatable bonds is 3. The maximum atomic E-state index is 11.6. The molecule has 0 aliphatic heterocycles. The number of hydrogen-bond donors (Lipinski definition) is 1. The van der Waals surface area contributed by atoms with Crippen molar-refractivity contribution < 1.29 is 4.79 Å². The highest BCUT2D eigenvalue weighted by Gasteiger charge is 2.17. The molecule has 0 aliphatic carbocycles. The Morgan fingerprint density at radius 3 is 2.81 bits per heavy atom. The van der Waals surface area contributed by atoms with E-state index in [0.29, 0.717) is 10.8 Å². The molecule has 1 aromatic carbocycles. The largest absolute Gasteiger partial charge is 0.366 e. The van der Waals surface area contributed by atoms with Crippen LogP contribution in [-0.4, -0.2) is 30.1 Å². The third-order valence-corrected chi connectivity index (χ3v) is 4.48. The number of carbonyl (C=O) groups excluding carboxylic acids is 1. The van der Waals surface area contributed by atoms with Gasteiger partial charge in [0, 0.05) is 29.5 Å². The summed E-state index contributed by atoms with van der Waals surface area (Å²) in [6, 6.07) is 7.05. The fourth-order valence-corrected chi connectivity index (χ4v) is 3.20. The molecule has 1 amide bonds. The predicted molar refractivity (Wildman–Crippen MR) is 98.5 cm³/mol. The topological polar surface area (TPSA) is 91.1 Å². The molecule has 0 bridgehead atoms. The van der Waals surface area contributed by atoms with Gasteiger partial charge in [-0.05, 0) is 38.1 Å². The van der Waals surface area contributed by atoms with Gasteiger partial charge in [0.15, 0.2) is 5.65 Å². The van der Waals surface area contributed by atoms with Gasteiger partial charge >= 0.3 is 0 Å². The van der Waals surface area contributed by atoms with Crippen LogP contribution in [0.25, 0.3) is 22.7 Å². The van der Waals surface area contributed by atoms with Crippen molar-refractivity contribution in [3.8, 4) is 17.1 Å². The second-order valence-electron chi connectivity index (χ2n) is 5.98. The first kappa shape index (κ1) is 16.3. The number of nitrogens with zero attached hydrogens (tertiary/aromatic N) is 5. The summed E-state index contributed by atoms with van der Waals surface area (Å²) in [4.78, 5) is 20.7. The van der Waals surface area contributed by atoms with Crippen LogP contribution in [0.2, 0.25) is 5.02 Å². The highest BCUT2D eigenvalue weighted by Crippen LogP contribution is 2.27. The molecule has 0 aliphatic rings. The molecular weight excluding hydrogens is 352 g/mol. The molecule has 4 aromatic rings. The number of amides is 1. The van der Waals surface area contributed by atoms with Crippen LogP contribution in [0.5, 0.6) is 0 Å². The van der Waals surface area contributed by atoms with Gasteiger partial charge in [0.05, 0.1) is 22.3 Å². The second kappa shape index (κ2) is 5.96. The van der Waals surface area contributed by atoms with Crippen molar-refractivity contribution in [1.29, 1.82) is 0 Å². The van der Waals surface area contributed by atoms with E-state index in [1.54, 1.807) is 41.3 Å². The Bertz CT molecular complexity index is 1160. The number of fused-ring (bicyclic) bond motifs is 1. The Labute approximate surface area is 154 Å². The lowest BCUT2D eigenvalue weighted by molar-refractivity contribution is 0.100. The summed E-state index contributed by atoms with van der Waals surface area (Å²) < 4.78 is 3.62. The van der Waals surface area contributed by atoms with E-state index in [2.05, 4.69) is 15.1 Å². The molecule has 0 atom stereocenters. The molecule has 0 saturated heterocycles. The molecule has 3 aromatic heterocycles. The number of halogens is 1. The minimum absolute atomic E-state index is 0.258. The van der Waals surface area contributed by atoms with Crippen molar-refractivity contribution in [2.24, 2.45) is 5.73 Å². The Hall–Kier alpha value is -3.19. The number of imidazole rings is 1. The first-order valence-corrected chi connectivity index (χ1v) is 8.29. The summed E-state index contributed by atoms with van der Waals surface area (Å²) in [5.41, 5.74) is 9.78. The summed E-state index contributed by atoms with van der Waals surface area (Å²) in [6.45, 7) is 3.91. The third kappa shape index (κ3) is 2.53. The molecule has 26 heavy (non-hydrogen) atoms. The molecule has 0 spiro atoms. The average Bonchev–Trinajstić information content (AvgIpc) is 3.21. The lowest BCUT2D eigenvalue weighted by Crippen LogP contribution is -2.12. The van der Waals surface area contributed by atoms with Crippen LogP contribution in [0.4, 0.5) is 0 Å². The zero-order valence-electron chi connectivity index (χ0n) is 14.1. The molecule has 2 N–H and O–H groups in total. The molecule has 0 radical (unpaired) electrons. The predicted octanol–water partition coefficient (Wildman–Crippen LogP) is 2.95. The Morgan fingerprint density at radius 1 is 1.23 bits per heavy atom. The van der Waals surface area contributed by atoms with Crippen molar-refractivity contribution in [2.45, 2.75) is 13.8 Å². The number of nitrogens with two attached hydrogens (primary N) is 1. The van der Waals surface area contributed by atoms with Gasteiger partial charge in [-0.2, -0.15) is 5.10 Å². The average molecular weight is 367 g/mol. The van der Waals surface area contributed by atoms with E-state index in [-0.39, 0.29) is 5.56 Å². The summed E-state index contributed by atoms with van der Waals surface area (Å²) in [7, 11) is 0. The van der Waals surface area contributed by atoms with E-state index in [0.717, 1.165) is 28.3 Å². The van der Waals surface area contributed by atoms with Crippen LogP contribution in [-0.2, 0) is 0 Å². The van der Waals surface area contributed by atoms with E-state index in [4.69, 9.17) is 17.3 Å². The van der Waals surface area contributed by atoms with E-state index >= 15 is 0 Å². The lowest BCUT2D eigenvalue weighted by Gasteiger charge is -2.09. The normalized spacial score (nSPS) is 11.2. The smallest absolute Gasteiger partial charge is 0.250 e. The van der Waals surface area contributed by atoms with E-state index in [1.165, 1.54) is 0 Å². The number of primary amides is 1. The van der Waals surface area contributed by atoms with Gasteiger partial charge in [0.2, 0.25) is 5.91 Å². The molecule has 7 nitrogen and oxygen atoms in total. The van der Waals surface area contributed by atoms with Crippen LogP contribution >= 0.6 is 11.6 Å². The van der Waals surface area contributed by atoms with Gasteiger partial charge in [-0.25, -0.2) is 14.5 Å². The van der Waals surface area contributed by atoms with Gasteiger partial charge < -0.3 is 5.73 Å². The summed E-state index contributed by atoms with van der Waals surface area (Å²) >= 11 is 6.06. The van der Waals surface area contributed by atoms with E-state index in [9.17, 15) is 4.79 Å². The molecule has 8 heteroatoms. The fraction of sp³-hybridized carbons (Fsp3) is 0.111. The van der Waals surface area contributed by atoms with E-state index in [1.807, 2.05) is 24.5 Å². The Balaban J connectivity index is 1.92. The molecule has 0 fully saturated rings. The zero-order chi connectivity index (χ0) is 18.4. The maximum absolute atomic E-state index is 11.6. The van der Waals surface area contributed by atoms with Crippen LogP contribution in [0.1, 0.15) is 21.7 Å². The summed E-state index contributed by atoms with van der Waals surface area (Å²) in [5, 5.41) is 4.73. The summed E-state index contributed by atoms with van der Waals surface area (Å²) in [6.07, 6.45) is 5.22. The molecule has 4 rings (SSSR count). The van der Waals surface area contributed by atoms with Gasteiger partial charge in [-0.15, -0.1) is 0 Å². The number of hydrogen-bond acceptors (Lipinski definition) is 4. The number of benzene rings is 1. The van der Waals surface area contributed by atoms with Crippen LogP contribution in [0, 0.1) is 13.8 Å².